The average molecular weight is 1070 g/mol. The third kappa shape index (κ3) is 55.5. The van der Waals surface area contributed by atoms with E-state index in [0.29, 0.717) is 23.9 Å². The van der Waals surface area contributed by atoms with E-state index in [1.165, 1.54) is 109 Å². The fourth-order valence-corrected chi connectivity index (χ4v) is 9.01. The molecule has 75 heavy (non-hydrogen) atoms. The van der Waals surface area contributed by atoms with Gasteiger partial charge in [0.15, 0.2) is 0 Å². The van der Waals surface area contributed by atoms with Crippen molar-refractivity contribution >= 4 is 19.7 Å². The maximum atomic E-state index is 13.5. The molecular weight excluding hydrogens is 952 g/mol. The highest BCUT2D eigenvalue weighted by Gasteiger charge is 2.27. The molecule has 0 rings (SSSR count). The number of phosphoric ester groups is 1. The van der Waals surface area contributed by atoms with Gasteiger partial charge in [-0.1, -0.05) is 227 Å². The van der Waals surface area contributed by atoms with Crippen LogP contribution in [0.3, 0.4) is 0 Å². The van der Waals surface area contributed by atoms with Crippen molar-refractivity contribution in [2.75, 3.05) is 40.9 Å². The summed E-state index contributed by atoms with van der Waals surface area (Å²) < 4.78 is 30.2. The molecular formula is C65H115N2O7P. The molecule has 0 aliphatic carbocycles. The Morgan fingerprint density at radius 1 is 0.480 bits per heavy atom. The summed E-state index contributed by atoms with van der Waals surface area (Å²) in [4.78, 5) is 39.9. The van der Waals surface area contributed by atoms with Crippen molar-refractivity contribution in [1.82, 2.24) is 5.32 Å². The van der Waals surface area contributed by atoms with Crippen LogP contribution in [0.5, 0.6) is 0 Å². The van der Waals surface area contributed by atoms with E-state index in [4.69, 9.17) is 13.8 Å². The smallest absolute Gasteiger partial charge is 0.306 e. The molecule has 0 heterocycles. The number of nitrogens with zero attached hydrogens (tertiary/aromatic N) is 1. The second-order valence-corrected chi connectivity index (χ2v) is 22.9. The monoisotopic (exact) mass is 1070 g/mol. The molecule has 0 aromatic carbocycles. The van der Waals surface area contributed by atoms with Crippen LogP contribution in [0.1, 0.15) is 252 Å². The number of hydrogen-bond donors (Lipinski definition) is 1. The van der Waals surface area contributed by atoms with Crippen LogP contribution in [0.15, 0.2) is 97.2 Å². The Hall–Kier alpha value is -3.07. The number of allylic oxidation sites excluding steroid dienone is 15. The Kier molecular flexibility index (Phi) is 52.1. The lowest BCUT2D eigenvalue weighted by Gasteiger charge is -2.30. The van der Waals surface area contributed by atoms with Gasteiger partial charge in [-0.2, -0.15) is 0 Å². The lowest BCUT2D eigenvalue weighted by atomic mass is 10.1. The Labute approximate surface area is 462 Å². The highest BCUT2D eigenvalue weighted by atomic mass is 31.2. The van der Waals surface area contributed by atoms with Gasteiger partial charge in [0.1, 0.15) is 19.3 Å². The summed E-state index contributed by atoms with van der Waals surface area (Å²) in [6.45, 7) is 6.68. The number of nitrogens with one attached hydrogen (secondary N) is 1. The number of ether oxygens (including phenoxy) is 1. The summed E-state index contributed by atoms with van der Waals surface area (Å²) in [5.41, 5.74) is 0. The SMILES string of the molecule is CC/C=C\C/C=C\C/C=C\C/C=C\C/C=C\C/C=C\CCCCC(=O)OC(/C=C/CCCCCCCCCCC)C(COP(=O)([O-])OCC[N+](C)(C)C)NC(=O)CCCCCCCCC/C=C/CCCCCCCC. The predicted molar refractivity (Wildman–Crippen MR) is 321 cm³/mol. The summed E-state index contributed by atoms with van der Waals surface area (Å²) in [5, 5.41) is 3.01. The van der Waals surface area contributed by atoms with Gasteiger partial charge in [0, 0.05) is 12.8 Å². The van der Waals surface area contributed by atoms with E-state index in [2.05, 4.69) is 111 Å². The van der Waals surface area contributed by atoms with E-state index < -0.39 is 26.6 Å². The number of unbranched alkanes of at least 4 members (excludes halogenated alkanes) is 24. The first-order valence-corrected chi connectivity index (χ1v) is 32.0. The zero-order valence-electron chi connectivity index (χ0n) is 49.2. The van der Waals surface area contributed by atoms with Crippen LogP contribution in [0, 0.1) is 0 Å². The van der Waals surface area contributed by atoms with E-state index in [-0.39, 0.29) is 24.9 Å². The van der Waals surface area contributed by atoms with Crippen LogP contribution in [0.4, 0.5) is 0 Å². The van der Waals surface area contributed by atoms with Gasteiger partial charge in [-0.3, -0.25) is 14.2 Å². The summed E-state index contributed by atoms with van der Waals surface area (Å²) in [7, 11) is 1.15. The molecule has 0 aliphatic rings. The molecule has 3 unspecified atom stereocenters. The number of likely N-dealkylation sites (N-methyl/N-ethyl adjacent to an activating group) is 1. The van der Waals surface area contributed by atoms with Crippen LogP contribution >= 0.6 is 7.82 Å². The molecule has 0 saturated heterocycles. The first-order valence-electron chi connectivity index (χ1n) is 30.5. The quantitative estimate of drug-likeness (QED) is 0.0212. The van der Waals surface area contributed by atoms with Crippen LogP contribution < -0.4 is 10.2 Å². The molecule has 0 bridgehead atoms. The van der Waals surface area contributed by atoms with E-state index in [9.17, 15) is 19.0 Å². The lowest BCUT2D eigenvalue weighted by molar-refractivity contribution is -0.870. The van der Waals surface area contributed by atoms with Gasteiger partial charge in [-0.05, 0) is 109 Å². The van der Waals surface area contributed by atoms with Gasteiger partial charge in [0.2, 0.25) is 5.91 Å². The largest absolute Gasteiger partial charge is 0.756 e. The fourth-order valence-electron chi connectivity index (χ4n) is 8.28. The number of amides is 1. The molecule has 0 radical (unpaired) electrons. The number of quaternary nitrogens is 1. The molecule has 1 amide bonds. The Bertz CT molecular complexity index is 1610. The Balaban J connectivity index is 5.33. The van der Waals surface area contributed by atoms with Crippen molar-refractivity contribution < 1.29 is 37.3 Å². The van der Waals surface area contributed by atoms with Gasteiger partial charge in [0.25, 0.3) is 7.82 Å². The molecule has 10 heteroatoms. The zero-order valence-corrected chi connectivity index (χ0v) is 50.1. The fraction of sp³-hybridized carbons (Fsp3) is 0.723. The first kappa shape index (κ1) is 71.9. The van der Waals surface area contributed by atoms with Crippen LogP contribution in [0.2, 0.25) is 0 Å². The predicted octanol–water partition coefficient (Wildman–Crippen LogP) is 18.1. The molecule has 9 nitrogen and oxygen atoms in total. The second kappa shape index (κ2) is 54.3. The summed E-state index contributed by atoms with van der Waals surface area (Å²) in [5.74, 6) is -0.601. The molecule has 0 aliphatic heterocycles. The third-order valence-corrected chi connectivity index (χ3v) is 14.0. The standard InChI is InChI=1S/C65H115N2O7P/c1-7-10-13-16-19-22-25-27-29-31-32-33-34-36-38-40-43-46-49-52-55-58-65(69)74-63(56-53-50-47-44-41-24-21-18-15-12-9-3)62(61-73-75(70,71)72-60-59-67(4,5)6)66-64(68)57-54-51-48-45-42-39-37-35-30-28-26-23-20-17-14-11-8-2/h10,13,19,22,27-30,32-33,36,38,43,46,53,56,62-63H,7-9,11-12,14-18,20-21,23-26,31,34-35,37,39-42,44-45,47-52,54-55,57-61H2,1-6H3,(H-,66,68,70,71)/b13-10-,22-19-,29-27-,30-28+,33-32-,38-36-,46-43-,56-53+. The topological polar surface area (TPSA) is 114 Å². The van der Waals surface area contributed by atoms with E-state index in [1.54, 1.807) is 0 Å². The maximum absolute atomic E-state index is 13.5. The number of carbonyl (C=O) groups is 2. The minimum Gasteiger partial charge on any atom is -0.756 e. The van der Waals surface area contributed by atoms with Gasteiger partial charge < -0.3 is 28.5 Å². The highest BCUT2D eigenvalue weighted by molar-refractivity contribution is 7.45. The minimum atomic E-state index is -4.71. The summed E-state index contributed by atoms with van der Waals surface area (Å²) in [6.07, 6.45) is 72.3. The van der Waals surface area contributed by atoms with Crippen molar-refractivity contribution in [2.45, 2.75) is 264 Å². The number of rotatable bonds is 54. The maximum Gasteiger partial charge on any atom is 0.306 e. The average Bonchev–Trinajstić information content (AvgIpc) is 3.37. The number of phosphoric acid groups is 1. The number of carbonyl (C=O) groups excluding carboxylic acids is 2. The summed E-state index contributed by atoms with van der Waals surface area (Å²) in [6, 6.07) is -0.913. The molecule has 0 aromatic rings. The van der Waals surface area contributed by atoms with Crippen molar-refractivity contribution in [1.29, 1.82) is 0 Å². The van der Waals surface area contributed by atoms with Gasteiger partial charge in [0.05, 0.1) is 33.8 Å². The Morgan fingerprint density at radius 3 is 1.31 bits per heavy atom. The van der Waals surface area contributed by atoms with Crippen LogP contribution in [0.25, 0.3) is 0 Å². The van der Waals surface area contributed by atoms with E-state index >= 15 is 0 Å². The first-order chi connectivity index (χ1) is 36.4. The molecule has 0 saturated carbocycles. The molecule has 0 aromatic heterocycles. The molecule has 432 valence electrons. The van der Waals surface area contributed by atoms with Crippen molar-refractivity contribution in [3.63, 3.8) is 0 Å². The van der Waals surface area contributed by atoms with Gasteiger partial charge >= 0.3 is 5.97 Å². The van der Waals surface area contributed by atoms with Gasteiger partial charge in [-0.15, -0.1) is 0 Å². The van der Waals surface area contributed by atoms with E-state index in [1.807, 2.05) is 33.3 Å². The third-order valence-electron chi connectivity index (χ3n) is 13.0. The van der Waals surface area contributed by atoms with Crippen molar-refractivity contribution in [3.05, 3.63) is 97.2 Å². The van der Waals surface area contributed by atoms with Crippen LogP contribution in [-0.4, -0.2) is 69.4 Å². The second-order valence-electron chi connectivity index (χ2n) is 21.5. The highest BCUT2D eigenvalue weighted by Crippen LogP contribution is 2.38. The Morgan fingerprint density at radius 2 is 0.853 bits per heavy atom. The summed E-state index contributed by atoms with van der Waals surface area (Å²) >= 11 is 0. The van der Waals surface area contributed by atoms with Crippen molar-refractivity contribution in [3.8, 4) is 0 Å². The normalized spacial score (nSPS) is 14.4. The number of esters is 1. The molecule has 0 spiro atoms. The van der Waals surface area contributed by atoms with E-state index in [0.717, 1.165) is 103 Å². The van der Waals surface area contributed by atoms with Gasteiger partial charge in [-0.25, -0.2) is 0 Å². The molecule has 3 atom stereocenters. The molecule has 1 N–H and O–H groups in total. The molecule has 0 fully saturated rings. The lowest BCUT2D eigenvalue weighted by Crippen LogP contribution is -2.47. The van der Waals surface area contributed by atoms with Crippen LogP contribution in [-0.2, 0) is 27.9 Å². The zero-order chi connectivity index (χ0) is 55.0. The van der Waals surface area contributed by atoms with Crippen molar-refractivity contribution in [2.24, 2.45) is 0 Å². The minimum absolute atomic E-state index is 0.0344. The number of hydrogen-bond acceptors (Lipinski definition) is 7.